The van der Waals surface area contributed by atoms with E-state index in [0.717, 1.165) is 32.0 Å². The van der Waals surface area contributed by atoms with Crippen molar-refractivity contribution < 1.29 is 4.79 Å². The monoisotopic (exact) mass is 319 g/mol. The lowest BCUT2D eigenvalue weighted by Crippen LogP contribution is -2.46. The highest BCUT2D eigenvalue weighted by molar-refractivity contribution is 5.76. The molecule has 128 valence electrons. The molecule has 6 nitrogen and oxygen atoms in total. The summed E-state index contributed by atoms with van der Waals surface area (Å²) in [6.07, 6.45) is 7.57. The summed E-state index contributed by atoms with van der Waals surface area (Å²) in [6.45, 7) is 9.31. The smallest absolute Gasteiger partial charge is 0.224 e. The fourth-order valence-corrected chi connectivity index (χ4v) is 3.50. The van der Waals surface area contributed by atoms with Gasteiger partial charge < -0.3 is 4.90 Å². The SMILES string of the molecule is CC(C)C1CN(C(=O)CCn2cncn2)CCCN1CC1CC1. The molecule has 1 unspecified atom stereocenters. The van der Waals surface area contributed by atoms with Crippen LogP contribution in [0.15, 0.2) is 12.7 Å². The second-order valence-electron chi connectivity index (χ2n) is 7.35. The predicted molar refractivity (Wildman–Crippen MR) is 88.8 cm³/mol. The molecular formula is C17H29N5O. The Morgan fingerprint density at radius 1 is 1.30 bits per heavy atom. The lowest BCUT2D eigenvalue weighted by Gasteiger charge is -2.34. The molecule has 1 aliphatic heterocycles. The van der Waals surface area contributed by atoms with Gasteiger partial charge in [-0.25, -0.2) is 4.98 Å². The molecule has 2 heterocycles. The third-order valence-electron chi connectivity index (χ3n) is 5.08. The van der Waals surface area contributed by atoms with Crippen LogP contribution in [0, 0.1) is 11.8 Å². The van der Waals surface area contributed by atoms with E-state index in [1.54, 1.807) is 11.0 Å². The number of rotatable bonds is 6. The van der Waals surface area contributed by atoms with Crippen molar-refractivity contribution in [2.75, 3.05) is 26.2 Å². The van der Waals surface area contributed by atoms with Gasteiger partial charge in [-0.15, -0.1) is 0 Å². The van der Waals surface area contributed by atoms with E-state index >= 15 is 0 Å². The standard InChI is InChI=1S/C17H29N5O/c1-14(2)16-11-21(8-3-7-20(16)10-15-4-5-15)17(23)6-9-22-13-18-12-19-22/h12-16H,3-11H2,1-2H3. The van der Waals surface area contributed by atoms with Gasteiger partial charge in [0.1, 0.15) is 12.7 Å². The van der Waals surface area contributed by atoms with Crippen molar-refractivity contribution in [1.29, 1.82) is 0 Å². The van der Waals surface area contributed by atoms with Crippen LogP contribution in [0.5, 0.6) is 0 Å². The van der Waals surface area contributed by atoms with Crippen LogP contribution in [0.25, 0.3) is 0 Å². The van der Waals surface area contributed by atoms with Crippen molar-refractivity contribution in [3.63, 3.8) is 0 Å². The zero-order chi connectivity index (χ0) is 16.2. The first-order chi connectivity index (χ1) is 11.1. The summed E-state index contributed by atoms with van der Waals surface area (Å²) in [5.41, 5.74) is 0. The van der Waals surface area contributed by atoms with Crippen molar-refractivity contribution >= 4 is 5.91 Å². The molecule has 1 aromatic rings. The van der Waals surface area contributed by atoms with Crippen LogP contribution in [-0.2, 0) is 11.3 Å². The predicted octanol–water partition coefficient (Wildman–Crippen LogP) is 1.64. The molecular weight excluding hydrogens is 290 g/mol. The van der Waals surface area contributed by atoms with Gasteiger partial charge in [0.15, 0.2) is 0 Å². The van der Waals surface area contributed by atoms with Crippen LogP contribution in [0.2, 0.25) is 0 Å². The molecule has 0 aromatic carbocycles. The van der Waals surface area contributed by atoms with Gasteiger partial charge in [0, 0.05) is 38.6 Å². The fraction of sp³-hybridized carbons (Fsp3) is 0.824. The Kier molecular flexibility index (Phi) is 5.30. The van der Waals surface area contributed by atoms with E-state index in [4.69, 9.17) is 0 Å². The molecule has 0 spiro atoms. The number of carbonyl (C=O) groups excluding carboxylic acids is 1. The van der Waals surface area contributed by atoms with Crippen LogP contribution in [0.1, 0.15) is 39.5 Å². The minimum absolute atomic E-state index is 0.249. The number of nitrogens with zero attached hydrogens (tertiary/aromatic N) is 5. The minimum Gasteiger partial charge on any atom is -0.341 e. The molecule has 1 saturated carbocycles. The van der Waals surface area contributed by atoms with Crippen LogP contribution >= 0.6 is 0 Å². The maximum absolute atomic E-state index is 12.6. The Morgan fingerprint density at radius 3 is 2.78 bits per heavy atom. The molecule has 0 N–H and O–H groups in total. The molecule has 2 aliphatic rings. The van der Waals surface area contributed by atoms with Crippen LogP contribution in [-0.4, -0.2) is 62.7 Å². The zero-order valence-corrected chi connectivity index (χ0v) is 14.4. The largest absolute Gasteiger partial charge is 0.341 e. The molecule has 1 saturated heterocycles. The van der Waals surface area contributed by atoms with Gasteiger partial charge in [-0.3, -0.25) is 14.4 Å². The quantitative estimate of drug-likeness (QED) is 0.800. The third-order valence-corrected chi connectivity index (χ3v) is 5.08. The first-order valence-electron chi connectivity index (χ1n) is 8.97. The zero-order valence-electron chi connectivity index (χ0n) is 14.4. The molecule has 23 heavy (non-hydrogen) atoms. The first-order valence-corrected chi connectivity index (χ1v) is 8.97. The Bertz CT molecular complexity index is 497. The molecule has 6 heteroatoms. The molecule has 1 aliphatic carbocycles. The van der Waals surface area contributed by atoms with Crippen molar-refractivity contribution in [2.45, 2.75) is 52.1 Å². The van der Waals surface area contributed by atoms with Gasteiger partial charge in [0.05, 0.1) is 6.54 Å². The lowest BCUT2D eigenvalue weighted by molar-refractivity contribution is -0.132. The number of aryl methyl sites for hydroxylation is 1. The Hall–Kier alpha value is -1.43. The highest BCUT2D eigenvalue weighted by Gasteiger charge is 2.33. The Morgan fingerprint density at radius 2 is 2.13 bits per heavy atom. The van der Waals surface area contributed by atoms with Gasteiger partial charge >= 0.3 is 0 Å². The van der Waals surface area contributed by atoms with Gasteiger partial charge in [-0.1, -0.05) is 13.8 Å². The molecule has 3 rings (SSSR count). The molecule has 2 fully saturated rings. The summed E-state index contributed by atoms with van der Waals surface area (Å²) in [7, 11) is 0. The summed E-state index contributed by atoms with van der Waals surface area (Å²) >= 11 is 0. The molecule has 0 radical (unpaired) electrons. The van der Waals surface area contributed by atoms with E-state index in [0.29, 0.717) is 24.9 Å². The summed E-state index contributed by atoms with van der Waals surface area (Å²) in [4.78, 5) is 21.3. The minimum atomic E-state index is 0.249. The molecule has 0 bridgehead atoms. The normalized spacial score (nSPS) is 23.3. The van der Waals surface area contributed by atoms with E-state index in [2.05, 4.69) is 33.7 Å². The summed E-state index contributed by atoms with van der Waals surface area (Å²) in [5, 5.41) is 4.07. The number of carbonyl (C=O) groups is 1. The van der Waals surface area contributed by atoms with Crippen LogP contribution < -0.4 is 0 Å². The van der Waals surface area contributed by atoms with Crippen molar-refractivity contribution in [1.82, 2.24) is 24.6 Å². The first kappa shape index (κ1) is 16.4. The fourth-order valence-electron chi connectivity index (χ4n) is 3.50. The average Bonchev–Trinajstić information content (AvgIpc) is 3.24. The Balaban J connectivity index is 1.57. The van der Waals surface area contributed by atoms with E-state index in [1.165, 1.54) is 25.7 Å². The number of hydrogen-bond acceptors (Lipinski definition) is 4. The van der Waals surface area contributed by atoms with Gasteiger partial charge in [0.2, 0.25) is 5.91 Å². The second kappa shape index (κ2) is 7.43. The molecule has 1 aromatic heterocycles. The van der Waals surface area contributed by atoms with Crippen molar-refractivity contribution in [3.8, 4) is 0 Å². The molecule has 1 amide bonds. The summed E-state index contributed by atoms with van der Waals surface area (Å²) < 4.78 is 1.73. The number of hydrogen-bond donors (Lipinski definition) is 0. The number of amides is 1. The van der Waals surface area contributed by atoms with E-state index in [-0.39, 0.29) is 5.91 Å². The maximum Gasteiger partial charge on any atom is 0.224 e. The topological polar surface area (TPSA) is 54.3 Å². The second-order valence-corrected chi connectivity index (χ2v) is 7.35. The average molecular weight is 319 g/mol. The maximum atomic E-state index is 12.6. The molecule has 1 atom stereocenters. The third kappa shape index (κ3) is 4.53. The number of aromatic nitrogens is 3. The van der Waals surface area contributed by atoms with E-state index < -0.39 is 0 Å². The summed E-state index contributed by atoms with van der Waals surface area (Å²) in [6, 6.07) is 0.494. The van der Waals surface area contributed by atoms with Crippen molar-refractivity contribution in [2.24, 2.45) is 11.8 Å². The van der Waals surface area contributed by atoms with Crippen LogP contribution in [0.4, 0.5) is 0 Å². The van der Waals surface area contributed by atoms with Crippen LogP contribution in [0.3, 0.4) is 0 Å². The lowest BCUT2D eigenvalue weighted by atomic mass is 10.0. The Labute approximate surface area is 138 Å². The summed E-state index contributed by atoms with van der Waals surface area (Å²) in [5.74, 6) is 1.74. The van der Waals surface area contributed by atoms with Crippen molar-refractivity contribution in [3.05, 3.63) is 12.7 Å². The van der Waals surface area contributed by atoms with Gasteiger partial charge in [-0.2, -0.15) is 5.10 Å². The van der Waals surface area contributed by atoms with E-state index in [1.807, 2.05) is 0 Å². The van der Waals surface area contributed by atoms with E-state index in [9.17, 15) is 4.79 Å². The van der Waals surface area contributed by atoms with Gasteiger partial charge in [-0.05, 0) is 31.1 Å². The van der Waals surface area contributed by atoms with Gasteiger partial charge in [0.25, 0.3) is 0 Å². The highest BCUT2D eigenvalue weighted by Crippen LogP contribution is 2.31. The highest BCUT2D eigenvalue weighted by atomic mass is 16.2.